The predicted molar refractivity (Wildman–Crippen MR) is 88.1 cm³/mol. The third kappa shape index (κ3) is 6.22. The maximum absolute atomic E-state index is 11.8. The quantitative estimate of drug-likeness (QED) is 0.687. The molecule has 3 N–H and O–H groups in total. The van der Waals surface area contributed by atoms with Crippen LogP contribution in [0.25, 0.3) is 0 Å². The third-order valence-corrected chi connectivity index (χ3v) is 3.96. The highest BCUT2D eigenvalue weighted by molar-refractivity contribution is 6.30. The van der Waals surface area contributed by atoms with Gasteiger partial charge in [-0.05, 0) is 23.6 Å². The van der Waals surface area contributed by atoms with Crippen LogP contribution in [-0.4, -0.2) is 37.4 Å². The summed E-state index contributed by atoms with van der Waals surface area (Å²) in [4.78, 5) is 11.8. The van der Waals surface area contributed by atoms with Crippen LogP contribution in [0.5, 0.6) is 0 Å². The Kier molecular flexibility index (Phi) is 8.24. The highest BCUT2D eigenvalue weighted by Gasteiger charge is 2.15. The van der Waals surface area contributed by atoms with Gasteiger partial charge in [0.1, 0.15) is 0 Å². The number of aliphatic hydroxyl groups excluding tert-OH is 1. The molecule has 0 saturated carbocycles. The fourth-order valence-corrected chi connectivity index (χ4v) is 2.16. The molecular formula is C16H25ClN2O3. The smallest absolute Gasteiger partial charge is 0.314 e. The molecule has 0 heterocycles. The van der Waals surface area contributed by atoms with Crippen LogP contribution in [-0.2, 0) is 4.74 Å². The van der Waals surface area contributed by atoms with E-state index in [4.69, 9.17) is 16.3 Å². The molecule has 1 aromatic rings. The molecule has 6 heteroatoms. The van der Waals surface area contributed by atoms with Crippen molar-refractivity contribution in [3.05, 3.63) is 34.9 Å². The molecule has 0 aliphatic carbocycles. The molecule has 0 radical (unpaired) electrons. The Balaban J connectivity index is 2.41. The van der Waals surface area contributed by atoms with E-state index in [-0.39, 0.29) is 24.6 Å². The Hall–Kier alpha value is -1.30. The second-order valence-electron chi connectivity index (χ2n) is 5.32. The summed E-state index contributed by atoms with van der Waals surface area (Å²) in [5, 5.41) is 15.8. The number of nitrogens with one attached hydrogen (secondary N) is 2. The largest absolute Gasteiger partial charge is 0.391 e. The number of methoxy groups -OCH3 is 1. The number of carbonyl (C=O) groups is 1. The molecule has 3 unspecified atom stereocenters. The molecule has 1 rings (SSSR count). The van der Waals surface area contributed by atoms with Gasteiger partial charge in [-0.25, -0.2) is 4.79 Å². The summed E-state index contributed by atoms with van der Waals surface area (Å²) in [6.07, 6.45) is 0.0520. The number of halogens is 1. The lowest BCUT2D eigenvalue weighted by atomic mass is 10.0. The number of urea groups is 1. The zero-order chi connectivity index (χ0) is 16.5. The van der Waals surface area contributed by atoms with E-state index in [0.717, 1.165) is 12.0 Å². The third-order valence-electron chi connectivity index (χ3n) is 3.73. The average molecular weight is 329 g/mol. The van der Waals surface area contributed by atoms with Gasteiger partial charge in [-0.1, -0.05) is 44.0 Å². The van der Waals surface area contributed by atoms with Crippen LogP contribution in [0.1, 0.15) is 31.9 Å². The first-order valence-electron chi connectivity index (χ1n) is 7.45. The van der Waals surface area contributed by atoms with Crippen molar-refractivity contribution in [1.29, 1.82) is 0 Å². The summed E-state index contributed by atoms with van der Waals surface area (Å²) in [5.74, 6) is 0.151. The van der Waals surface area contributed by atoms with Crippen molar-refractivity contribution in [2.24, 2.45) is 5.92 Å². The molecule has 0 aliphatic rings. The van der Waals surface area contributed by atoms with Gasteiger partial charge in [0.25, 0.3) is 0 Å². The summed E-state index contributed by atoms with van der Waals surface area (Å²) < 4.78 is 5.37. The maximum atomic E-state index is 11.8. The first-order valence-corrected chi connectivity index (χ1v) is 7.83. The molecule has 5 nitrogen and oxygen atoms in total. The second kappa shape index (κ2) is 9.66. The first-order chi connectivity index (χ1) is 10.5. The van der Waals surface area contributed by atoms with Crippen LogP contribution in [0.4, 0.5) is 4.79 Å². The molecule has 0 saturated heterocycles. The molecule has 124 valence electrons. The van der Waals surface area contributed by atoms with Crippen molar-refractivity contribution in [3.8, 4) is 0 Å². The molecular weight excluding hydrogens is 304 g/mol. The number of rotatable bonds is 8. The zero-order valence-corrected chi connectivity index (χ0v) is 14.1. The van der Waals surface area contributed by atoms with Gasteiger partial charge in [0.15, 0.2) is 0 Å². The summed E-state index contributed by atoms with van der Waals surface area (Å²) in [6, 6.07) is 7.00. The number of aliphatic hydroxyl groups is 1. The van der Waals surface area contributed by atoms with Gasteiger partial charge < -0.3 is 20.5 Å². The van der Waals surface area contributed by atoms with Gasteiger partial charge in [0.2, 0.25) is 0 Å². The van der Waals surface area contributed by atoms with Crippen molar-refractivity contribution in [1.82, 2.24) is 10.6 Å². The van der Waals surface area contributed by atoms with Crippen LogP contribution >= 0.6 is 11.6 Å². The lowest BCUT2D eigenvalue weighted by molar-refractivity contribution is 0.101. The van der Waals surface area contributed by atoms with E-state index in [0.29, 0.717) is 11.6 Å². The molecule has 0 bridgehead atoms. The van der Waals surface area contributed by atoms with Crippen LogP contribution < -0.4 is 10.6 Å². The molecule has 0 aliphatic heterocycles. The van der Waals surface area contributed by atoms with Crippen LogP contribution in [0.15, 0.2) is 24.3 Å². The molecule has 22 heavy (non-hydrogen) atoms. The standard InChI is InChI=1S/C16H25ClN2O3/c1-4-11(2)14(20)9-18-16(21)19-10-15(22-3)12-6-5-7-13(17)8-12/h5-8,11,14-15,20H,4,9-10H2,1-3H3,(H2,18,19,21). The van der Waals surface area contributed by atoms with Crippen molar-refractivity contribution in [3.63, 3.8) is 0 Å². The SMILES string of the molecule is CCC(C)C(O)CNC(=O)NCC(OC)c1cccc(Cl)c1. The van der Waals surface area contributed by atoms with E-state index in [1.54, 1.807) is 13.2 Å². The molecule has 0 spiro atoms. The van der Waals surface area contributed by atoms with Gasteiger partial charge in [0, 0.05) is 25.2 Å². The fourth-order valence-electron chi connectivity index (χ4n) is 1.96. The maximum Gasteiger partial charge on any atom is 0.314 e. The minimum Gasteiger partial charge on any atom is -0.391 e. The topological polar surface area (TPSA) is 70.6 Å². The monoisotopic (exact) mass is 328 g/mol. The number of carbonyl (C=O) groups excluding carboxylic acids is 1. The molecule has 0 aromatic heterocycles. The second-order valence-corrected chi connectivity index (χ2v) is 5.76. The highest BCUT2D eigenvalue weighted by Crippen LogP contribution is 2.19. The fraction of sp³-hybridized carbons (Fsp3) is 0.562. The molecule has 3 atom stereocenters. The Labute approximate surface area is 137 Å². The number of hydrogen-bond donors (Lipinski definition) is 3. The number of hydrogen-bond acceptors (Lipinski definition) is 3. The number of benzene rings is 1. The lowest BCUT2D eigenvalue weighted by Crippen LogP contribution is -2.42. The van der Waals surface area contributed by atoms with Gasteiger partial charge in [0.05, 0.1) is 12.2 Å². The summed E-state index contributed by atoms with van der Waals surface area (Å²) in [6.45, 7) is 4.50. The number of amides is 2. The Morgan fingerprint density at radius 1 is 1.36 bits per heavy atom. The van der Waals surface area contributed by atoms with Crippen molar-refractivity contribution in [2.45, 2.75) is 32.5 Å². The van der Waals surface area contributed by atoms with Gasteiger partial charge in [-0.15, -0.1) is 0 Å². The normalized spacial score (nSPS) is 15.0. The predicted octanol–water partition coefficient (Wildman–Crippen LogP) is 2.73. The minimum absolute atomic E-state index is 0.151. The van der Waals surface area contributed by atoms with Crippen molar-refractivity contribution >= 4 is 17.6 Å². The minimum atomic E-state index is -0.540. The van der Waals surface area contributed by atoms with Crippen LogP contribution in [0.2, 0.25) is 5.02 Å². The van der Waals surface area contributed by atoms with Crippen molar-refractivity contribution < 1.29 is 14.6 Å². The van der Waals surface area contributed by atoms with Crippen LogP contribution in [0.3, 0.4) is 0 Å². The first kappa shape index (κ1) is 18.7. The summed E-state index contributed by atoms with van der Waals surface area (Å²) in [5.41, 5.74) is 0.898. The van der Waals surface area contributed by atoms with Gasteiger partial charge in [-0.3, -0.25) is 0 Å². The molecule has 0 fully saturated rings. The van der Waals surface area contributed by atoms with E-state index in [2.05, 4.69) is 10.6 Å². The molecule has 2 amide bonds. The van der Waals surface area contributed by atoms with E-state index in [1.807, 2.05) is 32.0 Å². The Morgan fingerprint density at radius 2 is 2.05 bits per heavy atom. The lowest BCUT2D eigenvalue weighted by Gasteiger charge is -2.19. The van der Waals surface area contributed by atoms with E-state index in [1.165, 1.54) is 0 Å². The molecule has 1 aromatic carbocycles. The summed E-state index contributed by atoms with van der Waals surface area (Å²) >= 11 is 5.95. The van der Waals surface area contributed by atoms with Gasteiger partial charge in [-0.2, -0.15) is 0 Å². The summed E-state index contributed by atoms with van der Waals surface area (Å²) in [7, 11) is 1.58. The average Bonchev–Trinajstić information content (AvgIpc) is 2.52. The zero-order valence-electron chi connectivity index (χ0n) is 13.3. The van der Waals surface area contributed by atoms with E-state index < -0.39 is 6.10 Å². The Bertz CT molecular complexity index is 470. The highest BCUT2D eigenvalue weighted by atomic mass is 35.5. The number of ether oxygens (including phenoxy) is 1. The Morgan fingerprint density at radius 3 is 2.64 bits per heavy atom. The van der Waals surface area contributed by atoms with E-state index >= 15 is 0 Å². The van der Waals surface area contributed by atoms with E-state index in [9.17, 15) is 9.90 Å². The van der Waals surface area contributed by atoms with Gasteiger partial charge >= 0.3 is 6.03 Å². The van der Waals surface area contributed by atoms with Crippen LogP contribution in [0, 0.1) is 5.92 Å². The van der Waals surface area contributed by atoms with Crippen molar-refractivity contribution in [2.75, 3.05) is 20.2 Å².